The van der Waals surface area contributed by atoms with Crippen LogP contribution < -0.4 is 10.5 Å². The summed E-state index contributed by atoms with van der Waals surface area (Å²) in [7, 11) is -1.95. The quantitative estimate of drug-likeness (QED) is 0.814. The van der Waals surface area contributed by atoms with Crippen LogP contribution in [-0.4, -0.2) is 30.3 Å². The molecule has 0 aromatic carbocycles. The third kappa shape index (κ3) is 2.85. The van der Waals surface area contributed by atoms with E-state index in [2.05, 4.69) is 9.82 Å². The highest BCUT2D eigenvalue weighted by molar-refractivity contribution is 7.89. The maximum Gasteiger partial charge on any atom is 0.258 e. The van der Waals surface area contributed by atoms with Gasteiger partial charge in [0.25, 0.3) is 10.0 Å². The number of rotatable bonds is 5. The van der Waals surface area contributed by atoms with E-state index in [1.165, 1.54) is 16.9 Å². The van der Waals surface area contributed by atoms with Crippen LogP contribution in [-0.2, 0) is 17.1 Å². The van der Waals surface area contributed by atoms with Gasteiger partial charge in [0.2, 0.25) is 0 Å². The molecule has 0 aliphatic heterocycles. The summed E-state index contributed by atoms with van der Waals surface area (Å²) in [6, 6.07) is 1.48. The van der Waals surface area contributed by atoms with Gasteiger partial charge >= 0.3 is 0 Å². The van der Waals surface area contributed by atoms with Crippen molar-refractivity contribution in [1.82, 2.24) is 14.5 Å². The van der Waals surface area contributed by atoms with E-state index in [9.17, 15) is 8.42 Å². The lowest BCUT2D eigenvalue weighted by Crippen LogP contribution is -2.53. The van der Waals surface area contributed by atoms with E-state index in [1.54, 1.807) is 7.05 Å². The molecule has 6 nitrogen and oxygen atoms in total. The topological polar surface area (TPSA) is 90.0 Å². The minimum Gasteiger partial charge on any atom is -0.329 e. The molecule has 1 fully saturated rings. The molecule has 1 unspecified atom stereocenters. The standard InChI is InChI=1S/C10H18N4O2S.ClH/c1-10(7-11,8-3-4-8)13-17(15,16)9-5-6-12-14(9)2;/h5-6,8,13H,3-4,7,11H2,1-2H3;1H. The maximum absolute atomic E-state index is 12.2. The first-order chi connectivity index (χ1) is 7.89. The molecule has 18 heavy (non-hydrogen) atoms. The van der Waals surface area contributed by atoms with Crippen LogP contribution in [0.25, 0.3) is 0 Å². The summed E-state index contributed by atoms with van der Waals surface area (Å²) in [6.07, 6.45) is 3.52. The molecule has 0 spiro atoms. The molecule has 2 rings (SSSR count). The monoisotopic (exact) mass is 294 g/mol. The van der Waals surface area contributed by atoms with Gasteiger partial charge in [-0.2, -0.15) is 5.10 Å². The van der Waals surface area contributed by atoms with E-state index >= 15 is 0 Å². The average Bonchev–Trinajstić information content (AvgIpc) is 3.01. The number of aromatic nitrogens is 2. The molecule has 1 aromatic rings. The lowest BCUT2D eigenvalue weighted by atomic mass is 9.98. The highest BCUT2D eigenvalue weighted by Gasteiger charge is 2.43. The normalized spacial score (nSPS) is 19.1. The van der Waals surface area contributed by atoms with Gasteiger partial charge in [-0.05, 0) is 31.7 Å². The molecule has 0 radical (unpaired) electrons. The zero-order chi connectivity index (χ0) is 12.7. The Morgan fingerprint density at radius 2 is 2.22 bits per heavy atom. The molecule has 1 saturated carbocycles. The van der Waals surface area contributed by atoms with Crippen LogP contribution in [0, 0.1) is 5.92 Å². The first-order valence-electron chi connectivity index (χ1n) is 5.61. The van der Waals surface area contributed by atoms with Gasteiger partial charge < -0.3 is 5.73 Å². The number of nitrogens with zero attached hydrogens (tertiary/aromatic N) is 2. The van der Waals surface area contributed by atoms with Gasteiger partial charge in [0.05, 0.1) is 6.20 Å². The molecule has 0 bridgehead atoms. The molecule has 3 N–H and O–H groups in total. The smallest absolute Gasteiger partial charge is 0.258 e. The predicted molar refractivity (Wildman–Crippen MR) is 71.0 cm³/mol. The van der Waals surface area contributed by atoms with E-state index in [0.29, 0.717) is 12.5 Å². The number of aryl methyl sites for hydroxylation is 1. The lowest BCUT2D eigenvalue weighted by Gasteiger charge is -2.28. The van der Waals surface area contributed by atoms with Crippen molar-refractivity contribution in [1.29, 1.82) is 0 Å². The Balaban J connectivity index is 0.00000162. The second kappa shape index (κ2) is 5.16. The maximum atomic E-state index is 12.2. The van der Waals surface area contributed by atoms with Crippen LogP contribution in [0.5, 0.6) is 0 Å². The number of hydrogen-bond acceptors (Lipinski definition) is 4. The summed E-state index contributed by atoms with van der Waals surface area (Å²) >= 11 is 0. The van der Waals surface area contributed by atoms with Crippen LogP contribution in [0.3, 0.4) is 0 Å². The molecule has 1 aliphatic carbocycles. The van der Waals surface area contributed by atoms with Crippen LogP contribution >= 0.6 is 12.4 Å². The van der Waals surface area contributed by atoms with Crippen molar-refractivity contribution in [3.8, 4) is 0 Å². The van der Waals surface area contributed by atoms with Gasteiger partial charge in [0.1, 0.15) is 0 Å². The molecule has 1 atom stereocenters. The number of nitrogens with one attached hydrogen (secondary N) is 1. The molecule has 104 valence electrons. The molecule has 0 saturated heterocycles. The summed E-state index contributed by atoms with van der Waals surface area (Å²) in [5.41, 5.74) is 5.14. The molecule has 0 amide bonds. The summed E-state index contributed by atoms with van der Waals surface area (Å²) in [5, 5.41) is 4.03. The predicted octanol–water partition coefficient (Wildman–Crippen LogP) is 0.248. The van der Waals surface area contributed by atoms with Crippen molar-refractivity contribution < 1.29 is 8.42 Å². The lowest BCUT2D eigenvalue weighted by molar-refractivity contribution is 0.372. The molecule has 1 heterocycles. The first-order valence-corrected chi connectivity index (χ1v) is 7.09. The minimum absolute atomic E-state index is 0. The Hall–Kier alpha value is -0.630. The van der Waals surface area contributed by atoms with E-state index in [4.69, 9.17) is 5.73 Å². The zero-order valence-corrected chi connectivity index (χ0v) is 12.1. The first kappa shape index (κ1) is 15.4. The Morgan fingerprint density at radius 3 is 2.61 bits per heavy atom. The summed E-state index contributed by atoms with van der Waals surface area (Å²) in [4.78, 5) is 0. The van der Waals surface area contributed by atoms with Crippen LogP contribution in [0.15, 0.2) is 17.3 Å². The minimum atomic E-state index is -3.55. The van der Waals surface area contributed by atoms with Gasteiger partial charge in [0, 0.05) is 19.1 Å². The molecular formula is C10H19ClN4O2S. The van der Waals surface area contributed by atoms with Crippen molar-refractivity contribution in [3.63, 3.8) is 0 Å². The second-order valence-electron chi connectivity index (χ2n) is 4.79. The van der Waals surface area contributed by atoms with Gasteiger partial charge in [-0.3, -0.25) is 4.68 Å². The Morgan fingerprint density at radius 1 is 1.61 bits per heavy atom. The van der Waals surface area contributed by atoms with E-state index in [-0.39, 0.29) is 17.4 Å². The second-order valence-corrected chi connectivity index (χ2v) is 6.42. The SMILES string of the molecule is Cl.Cn1nccc1S(=O)(=O)NC(C)(CN)C1CC1. The van der Waals surface area contributed by atoms with Gasteiger partial charge in [0.15, 0.2) is 5.03 Å². The van der Waals surface area contributed by atoms with Gasteiger partial charge in [-0.25, -0.2) is 13.1 Å². The molecule has 1 aliphatic rings. The van der Waals surface area contributed by atoms with Crippen LogP contribution in [0.2, 0.25) is 0 Å². The van der Waals surface area contributed by atoms with Crippen molar-refractivity contribution in [2.75, 3.05) is 6.54 Å². The largest absolute Gasteiger partial charge is 0.329 e. The van der Waals surface area contributed by atoms with Gasteiger partial charge in [-0.15, -0.1) is 12.4 Å². The number of halogens is 1. The Kier molecular flexibility index (Phi) is 4.42. The fraction of sp³-hybridized carbons (Fsp3) is 0.700. The van der Waals surface area contributed by atoms with Crippen molar-refractivity contribution in [3.05, 3.63) is 12.3 Å². The van der Waals surface area contributed by atoms with Crippen molar-refractivity contribution in [2.45, 2.75) is 30.3 Å². The Bertz CT molecular complexity index is 512. The van der Waals surface area contributed by atoms with Crippen LogP contribution in [0.1, 0.15) is 19.8 Å². The van der Waals surface area contributed by atoms with E-state index in [1.807, 2.05) is 6.92 Å². The Labute approximate surface area is 113 Å². The molecule has 1 aromatic heterocycles. The summed E-state index contributed by atoms with van der Waals surface area (Å²) in [6.45, 7) is 2.16. The number of hydrogen-bond donors (Lipinski definition) is 2. The molecular weight excluding hydrogens is 276 g/mol. The summed E-state index contributed by atoms with van der Waals surface area (Å²) in [5.74, 6) is 0.343. The van der Waals surface area contributed by atoms with E-state index < -0.39 is 15.6 Å². The third-order valence-corrected chi connectivity index (χ3v) is 5.01. The summed E-state index contributed by atoms with van der Waals surface area (Å²) < 4.78 is 28.4. The average molecular weight is 295 g/mol. The fourth-order valence-corrected chi connectivity index (χ4v) is 3.60. The van der Waals surface area contributed by atoms with E-state index in [0.717, 1.165) is 12.8 Å². The number of sulfonamides is 1. The van der Waals surface area contributed by atoms with Crippen LogP contribution in [0.4, 0.5) is 0 Å². The van der Waals surface area contributed by atoms with Crippen molar-refractivity contribution >= 4 is 22.4 Å². The number of nitrogens with two attached hydrogens (primary N) is 1. The fourth-order valence-electron chi connectivity index (χ4n) is 2.00. The highest BCUT2D eigenvalue weighted by atomic mass is 35.5. The highest BCUT2D eigenvalue weighted by Crippen LogP contribution is 2.39. The molecule has 8 heteroatoms. The zero-order valence-electron chi connectivity index (χ0n) is 10.5. The third-order valence-electron chi connectivity index (χ3n) is 3.32. The van der Waals surface area contributed by atoms with Gasteiger partial charge in [-0.1, -0.05) is 0 Å². The van der Waals surface area contributed by atoms with Crippen molar-refractivity contribution in [2.24, 2.45) is 18.7 Å².